The smallest absolute Gasteiger partial charge is 0.338 e. The molecule has 1 aromatic carbocycles. The lowest BCUT2D eigenvalue weighted by Gasteiger charge is -2.69. The minimum Gasteiger partial charge on any atom is -0.458 e. The van der Waals surface area contributed by atoms with Gasteiger partial charge in [0.25, 0.3) is 0 Å². The molecule has 0 amide bonds. The fraction of sp³-hybridized carbons (Fsp3) is 0.611. The molecule has 48 heavy (non-hydrogen) atoms. The van der Waals surface area contributed by atoms with Gasteiger partial charge in [-0.15, -0.1) is 6.58 Å². The Morgan fingerprint density at radius 2 is 1.65 bits per heavy atom. The Kier molecular flexibility index (Phi) is 9.45. The first kappa shape index (κ1) is 35.7. The summed E-state index contributed by atoms with van der Waals surface area (Å²) in [6.45, 7) is 14.2. The van der Waals surface area contributed by atoms with Crippen LogP contribution in [0.5, 0.6) is 0 Å². The molecule has 10 atom stereocenters. The number of carbonyl (C=O) groups excluding carboxylic acids is 4. The van der Waals surface area contributed by atoms with Crippen LogP contribution < -0.4 is 0 Å². The van der Waals surface area contributed by atoms with Gasteiger partial charge in [0.05, 0.1) is 30.8 Å². The van der Waals surface area contributed by atoms with Gasteiger partial charge in [-0.3, -0.25) is 14.4 Å². The van der Waals surface area contributed by atoms with Gasteiger partial charge in [0.2, 0.25) is 0 Å². The number of ether oxygens (including phenoxy) is 6. The molecule has 4 aliphatic rings. The Hall–Kier alpha value is -3.58. The van der Waals surface area contributed by atoms with Gasteiger partial charge < -0.3 is 38.6 Å². The van der Waals surface area contributed by atoms with Crippen molar-refractivity contribution in [2.75, 3.05) is 13.2 Å². The monoisotopic (exact) mass is 670 g/mol. The van der Waals surface area contributed by atoms with Crippen molar-refractivity contribution in [3.63, 3.8) is 0 Å². The molecule has 1 heterocycles. The van der Waals surface area contributed by atoms with Crippen LogP contribution in [0.2, 0.25) is 0 Å². The van der Waals surface area contributed by atoms with E-state index in [-0.39, 0.29) is 31.6 Å². The van der Waals surface area contributed by atoms with Crippen LogP contribution in [0.1, 0.15) is 71.7 Å². The Balaban J connectivity index is 1.88. The van der Waals surface area contributed by atoms with Crippen molar-refractivity contribution in [1.29, 1.82) is 0 Å². The summed E-state index contributed by atoms with van der Waals surface area (Å²) in [4.78, 5) is 52.1. The first-order chi connectivity index (χ1) is 22.5. The fourth-order valence-electron chi connectivity index (χ4n) is 8.87. The van der Waals surface area contributed by atoms with Gasteiger partial charge in [-0.25, -0.2) is 4.79 Å². The molecule has 1 saturated heterocycles. The molecular weight excluding hydrogens is 624 g/mol. The molecular formula is C36H46O12. The Morgan fingerprint density at radius 3 is 2.19 bits per heavy atom. The Morgan fingerprint density at radius 1 is 1.00 bits per heavy atom. The molecule has 3 fully saturated rings. The zero-order valence-electron chi connectivity index (χ0n) is 28.5. The summed E-state index contributed by atoms with van der Waals surface area (Å²) in [6.07, 6.45) is -5.75. The summed E-state index contributed by atoms with van der Waals surface area (Å²) in [7, 11) is 0. The van der Waals surface area contributed by atoms with Crippen molar-refractivity contribution in [1.82, 2.24) is 0 Å². The summed E-state index contributed by atoms with van der Waals surface area (Å²) >= 11 is 0. The maximum absolute atomic E-state index is 14.1. The van der Waals surface area contributed by atoms with Crippen molar-refractivity contribution in [2.45, 2.75) is 109 Å². The maximum Gasteiger partial charge on any atom is 0.338 e. The zero-order chi connectivity index (χ0) is 35.4. The van der Waals surface area contributed by atoms with Gasteiger partial charge >= 0.3 is 23.9 Å². The quantitative estimate of drug-likeness (QED) is 0.236. The molecule has 0 aromatic heterocycles. The van der Waals surface area contributed by atoms with Crippen molar-refractivity contribution in [3.8, 4) is 0 Å². The largest absolute Gasteiger partial charge is 0.458 e. The number of rotatable bonds is 8. The third-order valence-corrected chi connectivity index (χ3v) is 11.1. The fourth-order valence-corrected chi connectivity index (χ4v) is 8.87. The van der Waals surface area contributed by atoms with Gasteiger partial charge in [-0.1, -0.05) is 45.0 Å². The summed E-state index contributed by atoms with van der Waals surface area (Å²) in [5, 5.41) is 26.1. The lowest BCUT2D eigenvalue weighted by molar-refractivity contribution is -0.367. The van der Waals surface area contributed by atoms with Crippen LogP contribution in [-0.2, 0) is 42.8 Å². The average Bonchev–Trinajstić information content (AvgIpc) is 3.00. The van der Waals surface area contributed by atoms with Crippen molar-refractivity contribution in [2.24, 2.45) is 16.7 Å². The summed E-state index contributed by atoms with van der Waals surface area (Å²) in [6, 6.07) is 8.21. The average molecular weight is 671 g/mol. The summed E-state index contributed by atoms with van der Waals surface area (Å²) in [5.74, 6) is -3.98. The van der Waals surface area contributed by atoms with Crippen LogP contribution in [0, 0.1) is 16.7 Å². The number of carbonyl (C=O) groups is 4. The molecule has 5 rings (SSSR count). The molecule has 1 aliphatic heterocycles. The molecule has 2 saturated carbocycles. The van der Waals surface area contributed by atoms with E-state index in [1.54, 1.807) is 64.1 Å². The van der Waals surface area contributed by atoms with Crippen LogP contribution >= 0.6 is 0 Å². The molecule has 0 spiro atoms. The molecule has 2 N–H and O–H groups in total. The van der Waals surface area contributed by atoms with Crippen LogP contribution in [0.4, 0.5) is 0 Å². The lowest BCUT2D eigenvalue weighted by atomic mass is 9.44. The molecule has 0 unspecified atom stereocenters. The molecule has 3 aliphatic carbocycles. The van der Waals surface area contributed by atoms with Crippen LogP contribution in [-0.4, -0.2) is 95.1 Å². The second kappa shape index (κ2) is 12.7. The van der Waals surface area contributed by atoms with Gasteiger partial charge in [0.1, 0.15) is 30.0 Å². The normalized spacial score (nSPS) is 38.1. The van der Waals surface area contributed by atoms with E-state index in [4.69, 9.17) is 28.4 Å². The number of esters is 4. The zero-order valence-corrected chi connectivity index (χ0v) is 28.5. The number of hydrogen-bond acceptors (Lipinski definition) is 12. The minimum atomic E-state index is -2.08. The molecule has 12 heteroatoms. The van der Waals surface area contributed by atoms with E-state index in [2.05, 4.69) is 6.58 Å². The first-order valence-electron chi connectivity index (χ1n) is 16.2. The number of benzene rings is 1. The van der Waals surface area contributed by atoms with Crippen LogP contribution in [0.15, 0.2) is 54.1 Å². The third-order valence-electron chi connectivity index (χ3n) is 11.1. The van der Waals surface area contributed by atoms with Crippen molar-refractivity contribution < 1.29 is 57.8 Å². The van der Waals surface area contributed by atoms with Gasteiger partial charge in [0.15, 0.2) is 11.7 Å². The number of aliphatic hydroxyl groups is 2. The van der Waals surface area contributed by atoms with Crippen LogP contribution in [0.25, 0.3) is 0 Å². The van der Waals surface area contributed by atoms with Gasteiger partial charge in [0, 0.05) is 44.4 Å². The van der Waals surface area contributed by atoms with Gasteiger partial charge in [-0.05, 0) is 30.2 Å². The Labute approximate surface area is 280 Å². The standard InChI is InChI=1S/C36H46O12/c1-9-15-43-25-16-26-35(18-44-26,48-22(5)39)29-31(47-32(41)23-13-11-10-12-14-23)36(42)17-24(45-20(3)37)19(2)27(33(36,6)7)28(46-21(4)38)30(40)34(25,29)8/h9-14,24-26,28-31,40,42H,1,15-18H2,2-8H3/t24-,25-,26+,28+,29-,30-,31-,34+,35-,36+/m0/s1. The third kappa shape index (κ3) is 5.46. The highest BCUT2D eigenvalue weighted by Gasteiger charge is 2.78. The van der Waals surface area contributed by atoms with Crippen LogP contribution in [0.3, 0.4) is 0 Å². The predicted molar refractivity (Wildman–Crippen MR) is 169 cm³/mol. The van der Waals surface area contributed by atoms with E-state index in [0.717, 1.165) is 0 Å². The van der Waals surface area contributed by atoms with Crippen molar-refractivity contribution >= 4 is 23.9 Å². The van der Waals surface area contributed by atoms with E-state index in [1.807, 2.05) is 0 Å². The second-order valence-corrected chi connectivity index (χ2v) is 14.2. The van der Waals surface area contributed by atoms with E-state index >= 15 is 0 Å². The van der Waals surface area contributed by atoms with E-state index in [1.165, 1.54) is 20.8 Å². The van der Waals surface area contributed by atoms with E-state index < -0.39 is 88.5 Å². The highest BCUT2D eigenvalue weighted by atomic mass is 16.6. The highest BCUT2D eigenvalue weighted by Crippen LogP contribution is 2.65. The minimum absolute atomic E-state index is 0.0612. The number of aliphatic hydroxyl groups excluding tert-OH is 1. The summed E-state index contributed by atoms with van der Waals surface area (Å²) < 4.78 is 36.6. The lowest BCUT2D eigenvalue weighted by Crippen LogP contribution is -2.82. The molecule has 262 valence electrons. The van der Waals surface area contributed by atoms with Gasteiger partial charge in [-0.2, -0.15) is 0 Å². The molecule has 12 nitrogen and oxygen atoms in total. The molecule has 2 bridgehead atoms. The first-order valence-corrected chi connectivity index (χ1v) is 16.2. The SMILES string of the molecule is C=CCO[C@H]1C[C@H]2OC[C@@]2(OC(C)=O)[C@H]2[C@H](OC(=O)c3ccccc3)[C@]3(O)C[C@H](OC(C)=O)C(C)=C([C@@H](OC(C)=O)[C@H](O)[C@]12C)C3(C)C. The number of fused-ring (bicyclic) bond motifs is 5. The predicted octanol–water partition coefficient (Wildman–Crippen LogP) is 3.23. The van der Waals surface area contributed by atoms with E-state index in [9.17, 15) is 29.4 Å². The molecule has 0 radical (unpaired) electrons. The molecule has 1 aromatic rings. The van der Waals surface area contributed by atoms with E-state index in [0.29, 0.717) is 11.1 Å². The van der Waals surface area contributed by atoms with Crippen molar-refractivity contribution in [3.05, 3.63) is 59.7 Å². The topological polar surface area (TPSA) is 164 Å². The summed E-state index contributed by atoms with van der Waals surface area (Å²) in [5.41, 5.74) is -5.56. The Bertz CT molecular complexity index is 1500. The maximum atomic E-state index is 14.1. The highest BCUT2D eigenvalue weighted by molar-refractivity contribution is 5.89. The second-order valence-electron chi connectivity index (χ2n) is 14.2. The number of hydrogen-bond donors (Lipinski definition) is 2.